The SMILES string of the molecule is CON=C(CSCc1ccccc1)C(=O)O. The molecule has 0 aliphatic carbocycles. The van der Waals surface area contributed by atoms with E-state index in [-0.39, 0.29) is 5.71 Å². The van der Waals surface area contributed by atoms with Crippen LogP contribution in [0.25, 0.3) is 0 Å². The smallest absolute Gasteiger partial charge is 0.354 e. The van der Waals surface area contributed by atoms with Crippen LogP contribution in [-0.4, -0.2) is 29.7 Å². The molecule has 0 radical (unpaired) electrons. The molecule has 0 atom stereocenters. The van der Waals surface area contributed by atoms with E-state index in [4.69, 9.17) is 5.11 Å². The van der Waals surface area contributed by atoms with Crippen LogP contribution in [-0.2, 0) is 15.4 Å². The predicted molar refractivity (Wildman–Crippen MR) is 64.7 cm³/mol. The summed E-state index contributed by atoms with van der Waals surface area (Å²) in [5.74, 6) is 0.0528. The molecule has 1 N–H and O–H groups in total. The molecule has 0 unspecified atom stereocenters. The minimum atomic E-state index is -1.04. The Morgan fingerprint density at radius 1 is 1.44 bits per heavy atom. The van der Waals surface area contributed by atoms with E-state index in [0.29, 0.717) is 5.75 Å². The second-order valence-corrected chi connectivity index (χ2v) is 3.99. The molecule has 86 valence electrons. The highest BCUT2D eigenvalue weighted by atomic mass is 32.2. The zero-order valence-electron chi connectivity index (χ0n) is 8.92. The van der Waals surface area contributed by atoms with Crippen LogP contribution in [0.3, 0.4) is 0 Å². The van der Waals surface area contributed by atoms with Gasteiger partial charge in [0, 0.05) is 11.5 Å². The van der Waals surface area contributed by atoms with Crippen LogP contribution in [0.1, 0.15) is 5.56 Å². The Morgan fingerprint density at radius 3 is 2.69 bits per heavy atom. The van der Waals surface area contributed by atoms with Crippen molar-refractivity contribution < 1.29 is 14.7 Å². The first kappa shape index (κ1) is 12.6. The van der Waals surface area contributed by atoms with Crippen molar-refractivity contribution in [1.82, 2.24) is 0 Å². The van der Waals surface area contributed by atoms with Crippen LogP contribution < -0.4 is 0 Å². The van der Waals surface area contributed by atoms with Crippen LogP contribution in [0.2, 0.25) is 0 Å². The molecule has 16 heavy (non-hydrogen) atoms. The molecule has 0 bridgehead atoms. The first-order valence-corrected chi connectivity index (χ1v) is 5.84. The standard InChI is InChI=1S/C11H13NO3S/c1-15-12-10(11(13)14)8-16-7-9-5-3-2-4-6-9/h2-6H,7-8H2,1H3,(H,13,14). The normalized spacial score (nSPS) is 11.2. The van der Waals surface area contributed by atoms with Crippen molar-refractivity contribution in [2.24, 2.45) is 5.16 Å². The lowest BCUT2D eigenvalue weighted by atomic mass is 10.2. The van der Waals surface area contributed by atoms with E-state index in [1.54, 1.807) is 0 Å². The van der Waals surface area contributed by atoms with E-state index in [2.05, 4.69) is 9.99 Å². The minimum Gasteiger partial charge on any atom is -0.477 e. The Kier molecular flexibility index (Phi) is 5.42. The summed E-state index contributed by atoms with van der Waals surface area (Å²) in [6.07, 6.45) is 0. The maximum Gasteiger partial charge on any atom is 0.354 e. The highest BCUT2D eigenvalue weighted by molar-refractivity contribution is 7.99. The second kappa shape index (κ2) is 6.90. The average Bonchev–Trinajstić information content (AvgIpc) is 2.29. The van der Waals surface area contributed by atoms with E-state index >= 15 is 0 Å². The third kappa shape index (κ3) is 4.35. The first-order chi connectivity index (χ1) is 7.74. The number of oxime groups is 1. The molecular formula is C11H13NO3S. The summed E-state index contributed by atoms with van der Waals surface area (Å²) in [6, 6.07) is 9.86. The molecule has 1 aromatic rings. The summed E-state index contributed by atoms with van der Waals surface area (Å²) < 4.78 is 0. The maximum absolute atomic E-state index is 10.7. The number of nitrogens with zero attached hydrogens (tertiary/aromatic N) is 1. The lowest BCUT2D eigenvalue weighted by Gasteiger charge is -2.01. The third-order valence-electron chi connectivity index (χ3n) is 1.80. The van der Waals surface area contributed by atoms with Gasteiger partial charge in [-0.2, -0.15) is 11.8 Å². The van der Waals surface area contributed by atoms with E-state index in [1.165, 1.54) is 18.9 Å². The van der Waals surface area contributed by atoms with Gasteiger partial charge in [-0.25, -0.2) is 4.79 Å². The van der Waals surface area contributed by atoms with Gasteiger partial charge in [-0.05, 0) is 5.56 Å². The molecule has 0 saturated heterocycles. The molecule has 0 fully saturated rings. The Bertz CT molecular complexity index is 365. The van der Waals surface area contributed by atoms with Gasteiger partial charge in [0.15, 0.2) is 5.71 Å². The fourth-order valence-electron chi connectivity index (χ4n) is 1.08. The summed E-state index contributed by atoms with van der Waals surface area (Å²) in [4.78, 5) is 15.2. The van der Waals surface area contributed by atoms with Crippen LogP contribution in [0.5, 0.6) is 0 Å². The van der Waals surface area contributed by atoms with Gasteiger partial charge in [-0.15, -0.1) is 0 Å². The molecule has 0 aliphatic rings. The van der Waals surface area contributed by atoms with Crippen LogP contribution in [0, 0.1) is 0 Å². The van der Waals surface area contributed by atoms with Gasteiger partial charge in [0.1, 0.15) is 7.11 Å². The summed E-state index contributed by atoms with van der Waals surface area (Å²) in [5, 5.41) is 12.2. The highest BCUT2D eigenvalue weighted by Crippen LogP contribution is 2.11. The van der Waals surface area contributed by atoms with E-state index < -0.39 is 5.97 Å². The molecule has 5 heteroatoms. The Morgan fingerprint density at radius 2 is 2.12 bits per heavy atom. The van der Waals surface area contributed by atoms with Gasteiger partial charge in [-0.3, -0.25) is 0 Å². The van der Waals surface area contributed by atoms with E-state index in [0.717, 1.165) is 11.3 Å². The molecule has 0 heterocycles. The molecule has 4 nitrogen and oxygen atoms in total. The lowest BCUT2D eigenvalue weighted by molar-refractivity contribution is -0.129. The number of hydrogen-bond acceptors (Lipinski definition) is 4. The summed E-state index contributed by atoms with van der Waals surface area (Å²) in [6.45, 7) is 0. The van der Waals surface area contributed by atoms with Crippen molar-refractivity contribution in [3.05, 3.63) is 35.9 Å². The topological polar surface area (TPSA) is 58.9 Å². The van der Waals surface area contributed by atoms with Gasteiger partial charge in [0.2, 0.25) is 0 Å². The number of carboxylic acid groups (broad SMARTS) is 1. The number of carbonyl (C=O) groups is 1. The molecular weight excluding hydrogens is 226 g/mol. The summed E-state index contributed by atoms with van der Waals surface area (Å²) in [5.41, 5.74) is 1.19. The fraction of sp³-hybridized carbons (Fsp3) is 0.273. The van der Waals surface area contributed by atoms with Crippen LogP contribution in [0.4, 0.5) is 0 Å². The Labute approximate surface area is 98.3 Å². The van der Waals surface area contributed by atoms with Gasteiger partial charge in [0.05, 0.1) is 0 Å². The average molecular weight is 239 g/mol. The van der Waals surface area contributed by atoms with Crippen molar-refractivity contribution in [2.45, 2.75) is 5.75 Å². The molecule has 1 rings (SSSR count). The number of aliphatic carboxylic acids is 1. The van der Waals surface area contributed by atoms with Crippen molar-refractivity contribution in [3.63, 3.8) is 0 Å². The van der Waals surface area contributed by atoms with E-state index in [9.17, 15) is 4.79 Å². The molecule has 0 amide bonds. The highest BCUT2D eigenvalue weighted by Gasteiger charge is 2.10. The first-order valence-electron chi connectivity index (χ1n) is 4.69. The predicted octanol–water partition coefficient (Wildman–Crippen LogP) is 2.01. The Hall–Kier alpha value is -1.49. The molecule has 0 spiro atoms. The minimum absolute atomic E-state index is 0.0310. The van der Waals surface area contributed by atoms with Gasteiger partial charge in [0.25, 0.3) is 0 Å². The molecule has 0 aromatic heterocycles. The van der Waals surface area contributed by atoms with Crippen LogP contribution in [0.15, 0.2) is 35.5 Å². The fourth-order valence-corrected chi connectivity index (χ4v) is 1.98. The molecule has 0 saturated carbocycles. The summed E-state index contributed by atoms with van der Waals surface area (Å²) >= 11 is 1.49. The maximum atomic E-state index is 10.7. The van der Waals surface area contributed by atoms with E-state index in [1.807, 2.05) is 30.3 Å². The largest absolute Gasteiger partial charge is 0.477 e. The van der Waals surface area contributed by atoms with Crippen LogP contribution >= 0.6 is 11.8 Å². The van der Waals surface area contributed by atoms with Gasteiger partial charge >= 0.3 is 5.97 Å². The Balaban J connectivity index is 2.40. The monoisotopic (exact) mass is 239 g/mol. The molecule has 0 aliphatic heterocycles. The van der Waals surface area contributed by atoms with Crippen molar-refractivity contribution in [1.29, 1.82) is 0 Å². The third-order valence-corrected chi connectivity index (χ3v) is 2.81. The molecule has 1 aromatic carbocycles. The number of carboxylic acids is 1. The number of hydrogen-bond donors (Lipinski definition) is 1. The van der Waals surface area contributed by atoms with Gasteiger partial charge < -0.3 is 9.94 Å². The van der Waals surface area contributed by atoms with Gasteiger partial charge in [-0.1, -0.05) is 35.5 Å². The number of benzene rings is 1. The van der Waals surface area contributed by atoms with Crippen molar-refractivity contribution >= 4 is 23.4 Å². The number of thioether (sulfide) groups is 1. The van der Waals surface area contributed by atoms with Crippen molar-refractivity contribution in [3.8, 4) is 0 Å². The zero-order valence-corrected chi connectivity index (χ0v) is 9.74. The lowest BCUT2D eigenvalue weighted by Crippen LogP contribution is -2.16. The quantitative estimate of drug-likeness (QED) is 0.609. The van der Waals surface area contributed by atoms with Crippen molar-refractivity contribution in [2.75, 3.05) is 12.9 Å². The summed E-state index contributed by atoms with van der Waals surface area (Å²) in [7, 11) is 1.34. The second-order valence-electron chi connectivity index (χ2n) is 3.00. The number of rotatable bonds is 6. The zero-order chi connectivity index (χ0) is 11.8.